The molecule has 27 heavy (non-hydrogen) atoms. The Hall–Kier alpha value is -3.25. The lowest BCUT2D eigenvalue weighted by Gasteiger charge is -2.06. The zero-order valence-corrected chi connectivity index (χ0v) is 15.1. The Morgan fingerprint density at radius 1 is 0.889 bits per heavy atom. The fraction of sp³-hybridized carbons (Fsp3) is 0.0476. The van der Waals surface area contributed by atoms with Gasteiger partial charge in [-0.3, -0.25) is 10.1 Å². The van der Waals surface area contributed by atoms with E-state index in [4.69, 9.17) is 0 Å². The van der Waals surface area contributed by atoms with Gasteiger partial charge in [-0.1, -0.05) is 66.4 Å². The first kappa shape index (κ1) is 17.2. The first-order chi connectivity index (χ1) is 13.2. The fourth-order valence-electron chi connectivity index (χ4n) is 2.90. The maximum absolute atomic E-state index is 10.9. The smallest absolute Gasteiger partial charge is 0.258 e. The van der Waals surface area contributed by atoms with Gasteiger partial charge >= 0.3 is 0 Å². The fourth-order valence-corrected chi connectivity index (χ4v) is 3.72. The van der Waals surface area contributed by atoms with Crippen LogP contribution in [0, 0.1) is 10.1 Å². The van der Waals surface area contributed by atoms with Crippen molar-refractivity contribution < 1.29 is 4.92 Å². The predicted octanol–water partition coefficient (Wildman–Crippen LogP) is 5.50. The summed E-state index contributed by atoms with van der Waals surface area (Å²) >= 11 is 1.62. The monoisotopic (exact) mass is 373 g/mol. The Balaban J connectivity index is 1.51. The molecule has 0 N–H and O–H groups in total. The van der Waals surface area contributed by atoms with Gasteiger partial charge in [-0.05, 0) is 28.5 Å². The molecule has 0 saturated carbocycles. The molecule has 4 rings (SSSR count). The molecule has 6 heteroatoms. The average Bonchev–Trinajstić information content (AvgIpc) is 2.72. The van der Waals surface area contributed by atoms with Gasteiger partial charge in [0.2, 0.25) is 0 Å². The SMILES string of the molecule is O=[N+]([O-])c1cccc(-c2ccc(SCc3cccc4ccccc34)nn2)c1. The van der Waals surface area contributed by atoms with Crippen LogP contribution in [0.4, 0.5) is 5.69 Å². The highest BCUT2D eigenvalue weighted by molar-refractivity contribution is 7.98. The Bertz CT molecular complexity index is 1110. The van der Waals surface area contributed by atoms with Gasteiger partial charge in [0.25, 0.3) is 5.69 Å². The number of benzene rings is 3. The highest BCUT2D eigenvalue weighted by Crippen LogP contribution is 2.27. The van der Waals surface area contributed by atoms with Crippen LogP contribution in [0.1, 0.15) is 5.56 Å². The topological polar surface area (TPSA) is 68.9 Å². The summed E-state index contributed by atoms with van der Waals surface area (Å²) in [6, 6.07) is 24.8. The van der Waals surface area contributed by atoms with E-state index in [1.807, 2.05) is 24.3 Å². The molecule has 1 aromatic heterocycles. The third kappa shape index (κ3) is 3.80. The van der Waals surface area contributed by atoms with Gasteiger partial charge in [0, 0.05) is 23.4 Å². The molecule has 0 amide bonds. The Kier molecular flexibility index (Phi) is 4.80. The van der Waals surface area contributed by atoms with Crippen LogP contribution in [0.2, 0.25) is 0 Å². The van der Waals surface area contributed by atoms with Gasteiger partial charge in [0.15, 0.2) is 0 Å². The molecular weight excluding hydrogens is 358 g/mol. The van der Waals surface area contributed by atoms with E-state index in [0.717, 1.165) is 10.8 Å². The number of rotatable bonds is 5. The Morgan fingerprint density at radius 3 is 2.52 bits per heavy atom. The molecule has 0 saturated heterocycles. The van der Waals surface area contributed by atoms with Crippen LogP contribution in [-0.4, -0.2) is 15.1 Å². The number of thioether (sulfide) groups is 1. The highest BCUT2D eigenvalue weighted by Gasteiger charge is 2.09. The van der Waals surface area contributed by atoms with E-state index in [-0.39, 0.29) is 5.69 Å². The molecule has 1 heterocycles. The van der Waals surface area contributed by atoms with Crippen molar-refractivity contribution in [2.75, 3.05) is 0 Å². The van der Waals surface area contributed by atoms with E-state index in [2.05, 4.69) is 40.5 Å². The summed E-state index contributed by atoms with van der Waals surface area (Å²) in [6.45, 7) is 0. The van der Waals surface area contributed by atoms with Crippen LogP contribution in [0.3, 0.4) is 0 Å². The van der Waals surface area contributed by atoms with E-state index in [1.165, 1.54) is 28.5 Å². The summed E-state index contributed by atoms with van der Waals surface area (Å²) in [7, 11) is 0. The van der Waals surface area contributed by atoms with Crippen LogP contribution < -0.4 is 0 Å². The maximum Gasteiger partial charge on any atom is 0.270 e. The third-order valence-electron chi connectivity index (χ3n) is 4.25. The largest absolute Gasteiger partial charge is 0.270 e. The lowest BCUT2D eigenvalue weighted by atomic mass is 10.1. The van der Waals surface area contributed by atoms with Crippen molar-refractivity contribution in [2.45, 2.75) is 10.8 Å². The number of hydrogen-bond donors (Lipinski definition) is 0. The molecule has 0 fully saturated rings. The number of nitro benzene ring substituents is 1. The first-order valence-corrected chi connectivity index (χ1v) is 9.37. The van der Waals surface area contributed by atoms with Crippen molar-refractivity contribution in [3.8, 4) is 11.3 Å². The molecule has 0 unspecified atom stereocenters. The minimum atomic E-state index is -0.411. The van der Waals surface area contributed by atoms with E-state index >= 15 is 0 Å². The summed E-state index contributed by atoms with van der Waals surface area (Å²) in [5.41, 5.74) is 2.60. The molecule has 0 aliphatic rings. The summed E-state index contributed by atoms with van der Waals surface area (Å²) in [5, 5.41) is 22.7. The van der Waals surface area contributed by atoms with Gasteiger partial charge in [-0.15, -0.1) is 10.2 Å². The van der Waals surface area contributed by atoms with Crippen molar-refractivity contribution in [1.29, 1.82) is 0 Å². The molecule has 0 aliphatic carbocycles. The lowest BCUT2D eigenvalue weighted by molar-refractivity contribution is -0.384. The van der Waals surface area contributed by atoms with E-state index < -0.39 is 4.92 Å². The first-order valence-electron chi connectivity index (χ1n) is 8.39. The summed E-state index contributed by atoms with van der Waals surface area (Å²) in [6.07, 6.45) is 0. The van der Waals surface area contributed by atoms with E-state index in [0.29, 0.717) is 11.3 Å². The van der Waals surface area contributed by atoms with Crippen molar-refractivity contribution in [2.24, 2.45) is 0 Å². The zero-order chi connectivity index (χ0) is 18.6. The van der Waals surface area contributed by atoms with Gasteiger partial charge < -0.3 is 0 Å². The molecule has 0 bridgehead atoms. The Morgan fingerprint density at radius 2 is 1.70 bits per heavy atom. The second-order valence-corrected chi connectivity index (χ2v) is 6.99. The van der Waals surface area contributed by atoms with Gasteiger partial charge in [0.1, 0.15) is 5.03 Å². The normalized spacial score (nSPS) is 10.8. The number of fused-ring (bicyclic) bond motifs is 1. The second kappa shape index (κ2) is 7.55. The van der Waals surface area contributed by atoms with Crippen LogP contribution in [-0.2, 0) is 5.75 Å². The summed E-state index contributed by atoms with van der Waals surface area (Å²) < 4.78 is 0. The molecule has 0 spiro atoms. The lowest BCUT2D eigenvalue weighted by Crippen LogP contribution is -1.92. The van der Waals surface area contributed by atoms with Gasteiger partial charge in [0.05, 0.1) is 10.6 Å². The molecule has 0 aliphatic heterocycles. The quantitative estimate of drug-likeness (QED) is 0.262. The highest BCUT2D eigenvalue weighted by atomic mass is 32.2. The van der Waals surface area contributed by atoms with E-state index in [1.54, 1.807) is 23.9 Å². The average molecular weight is 373 g/mol. The Labute approximate surface area is 160 Å². The molecule has 5 nitrogen and oxygen atoms in total. The minimum absolute atomic E-state index is 0.0451. The minimum Gasteiger partial charge on any atom is -0.258 e. The molecule has 3 aromatic carbocycles. The third-order valence-corrected chi connectivity index (χ3v) is 5.22. The number of nitro groups is 1. The van der Waals surface area contributed by atoms with Gasteiger partial charge in [-0.2, -0.15) is 0 Å². The second-order valence-electron chi connectivity index (χ2n) is 5.99. The van der Waals surface area contributed by atoms with Crippen molar-refractivity contribution in [1.82, 2.24) is 10.2 Å². The summed E-state index contributed by atoms with van der Waals surface area (Å²) in [4.78, 5) is 10.5. The van der Waals surface area contributed by atoms with Crippen LogP contribution in [0.25, 0.3) is 22.0 Å². The number of non-ortho nitro benzene ring substituents is 1. The zero-order valence-electron chi connectivity index (χ0n) is 14.3. The van der Waals surface area contributed by atoms with Gasteiger partial charge in [-0.25, -0.2) is 0 Å². The molecule has 4 aromatic rings. The molecule has 132 valence electrons. The van der Waals surface area contributed by atoms with Crippen LogP contribution in [0.5, 0.6) is 0 Å². The van der Waals surface area contributed by atoms with E-state index in [9.17, 15) is 10.1 Å². The van der Waals surface area contributed by atoms with Crippen molar-refractivity contribution >= 4 is 28.2 Å². The summed E-state index contributed by atoms with van der Waals surface area (Å²) in [5.74, 6) is 0.798. The van der Waals surface area contributed by atoms with Crippen LogP contribution in [0.15, 0.2) is 83.9 Å². The number of hydrogen-bond acceptors (Lipinski definition) is 5. The molecule has 0 radical (unpaired) electrons. The standard InChI is InChI=1S/C21H15N3O2S/c25-24(26)18-9-4-7-16(13-18)20-11-12-21(23-22-20)27-14-17-8-3-6-15-5-1-2-10-19(15)17/h1-13H,14H2. The van der Waals surface area contributed by atoms with Crippen LogP contribution >= 0.6 is 11.8 Å². The predicted molar refractivity (Wildman–Crippen MR) is 108 cm³/mol. The number of aromatic nitrogens is 2. The van der Waals surface area contributed by atoms with Crippen molar-refractivity contribution in [3.63, 3.8) is 0 Å². The molecular formula is C21H15N3O2S. The van der Waals surface area contributed by atoms with Crippen molar-refractivity contribution in [3.05, 3.63) is 94.5 Å². The number of nitrogens with zero attached hydrogens (tertiary/aromatic N) is 3. The maximum atomic E-state index is 10.9. The molecule has 0 atom stereocenters.